The maximum absolute atomic E-state index is 14.2. The van der Waals surface area contributed by atoms with Crippen LogP contribution in [0.15, 0.2) is 66.7 Å². The zero-order chi connectivity index (χ0) is 38.0. The SMILES string of the molecule is COc1c(CN2O[C@@H](CO)[C@@H]([C@H](C)O)[C@H]2C(=O)N[C@H]2C[C@H]3C[C@@H]([C@@H]2C)C3(C)C)cccc1-c1cc(C(=O)NCCNc2ccccc2)cc(N(C)C)c1. The molecule has 0 unspecified atom stereocenters. The highest BCUT2D eigenvalue weighted by molar-refractivity contribution is 5.97. The zero-order valence-electron chi connectivity index (χ0n) is 32.1. The molecule has 3 aromatic carbocycles. The molecule has 1 heterocycles. The first kappa shape index (κ1) is 38.6. The summed E-state index contributed by atoms with van der Waals surface area (Å²) in [4.78, 5) is 35.9. The minimum atomic E-state index is -0.898. The molecule has 11 heteroatoms. The number of fused-ring (bicyclic) bond motifs is 2. The van der Waals surface area contributed by atoms with Crippen molar-refractivity contribution in [3.8, 4) is 16.9 Å². The molecule has 5 N–H and O–H groups in total. The van der Waals surface area contributed by atoms with Crippen molar-refractivity contribution >= 4 is 23.2 Å². The summed E-state index contributed by atoms with van der Waals surface area (Å²) in [7, 11) is 5.47. The Morgan fingerprint density at radius 3 is 2.45 bits per heavy atom. The third-order valence-corrected chi connectivity index (χ3v) is 12.2. The van der Waals surface area contributed by atoms with Crippen molar-refractivity contribution in [1.82, 2.24) is 15.7 Å². The Hall–Kier alpha value is -4.16. The number of nitrogens with zero attached hydrogens (tertiary/aromatic N) is 2. The van der Waals surface area contributed by atoms with Crippen LogP contribution in [0.2, 0.25) is 0 Å². The van der Waals surface area contributed by atoms with E-state index < -0.39 is 24.2 Å². The molecule has 2 amide bonds. The summed E-state index contributed by atoms with van der Waals surface area (Å²) in [5.41, 5.74) is 4.97. The first-order valence-electron chi connectivity index (χ1n) is 18.9. The van der Waals surface area contributed by atoms with E-state index in [2.05, 4.69) is 36.7 Å². The molecule has 2 bridgehead atoms. The van der Waals surface area contributed by atoms with E-state index in [1.807, 2.05) is 85.7 Å². The van der Waals surface area contributed by atoms with Gasteiger partial charge in [0.2, 0.25) is 5.91 Å². The second-order valence-electron chi connectivity index (χ2n) is 15.9. The summed E-state index contributed by atoms with van der Waals surface area (Å²) in [5, 5.41) is 32.5. The number of nitrogens with one attached hydrogen (secondary N) is 3. The molecule has 53 heavy (non-hydrogen) atoms. The van der Waals surface area contributed by atoms with E-state index in [0.717, 1.165) is 34.5 Å². The highest BCUT2D eigenvalue weighted by Crippen LogP contribution is 2.61. The molecule has 1 aliphatic heterocycles. The molecule has 1 saturated heterocycles. The van der Waals surface area contributed by atoms with Gasteiger partial charge in [-0.25, -0.2) is 0 Å². The fourth-order valence-electron chi connectivity index (χ4n) is 9.03. The molecular weight excluding hydrogens is 670 g/mol. The lowest BCUT2D eigenvalue weighted by atomic mass is 9.45. The molecule has 0 aromatic heterocycles. The van der Waals surface area contributed by atoms with Crippen LogP contribution in [-0.4, -0.2) is 92.3 Å². The van der Waals surface area contributed by atoms with Crippen molar-refractivity contribution < 1.29 is 29.4 Å². The van der Waals surface area contributed by atoms with Crippen molar-refractivity contribution in [3.05, 3.63) is 77.9 Å². The van der Waals surface area contributed by atoms with Crippen molar-refractivity contribution in [2.45, 2.75) is 71.4 Å². The number of hydrogen-bond donors (Lipinski definition) is 5. The van der Waals surface area contributed by atoms with Crippen LogP contribution in [0.3, 0.4) is 0 Å². The van der Waals surface area contributed by atoms with Gasteiger partial charge in [0.1, 0.15) is 17.9 Å². The molecule has 0 spiro atoms. The summed E-state index contributed by atoms with van der Waals surface area (Å²) in [5.74, 6) is 1.01. The van der Waals surface area contributed by atoms with Crippen LogP contribution >= 0.6 is 0 Å². The fourth-order valence-corrected chi connectivity index (χ4v) is 9.03. The Bertz CT molecular complexity index is 1750. The van der Waals surface area contributed by atoms with E-state index in [4.69, 9.17) is 9.57 Å². The minimum absolute atomic E-state index is 0.0392. The topological polar surface area (TPSA) is 136 Å². The van der Waals surface area contributed by atoms with Gasteiger partial charge in [-0.2, -0.15) is 5.06 Å². The number of rotatable bonds is 14. The number of anilines is 2. The van der Waals surface area contributed by atoms with Crippen LogP contribution in [0, 0.1) is 29.1 Å². The van der Waals surface area contributed by atoms with Gasteiger partial charge in [-0.1, -0.05) is 57.2 Å². The maximum atomic E-state index is 14.2. The number of para-hydroxylation sites is 2. The number of hydrogen-bond acceptors (Lipinski definition) is 9. The normalized spacial score (nSPS) is 26.6. The highest BCUT2D eigenvalue weighted by atomic mass is 16.7. The summed E-state index contributed by atoms with van der Waals surface area (Å²) in [6, 6.07) is 20.6. The maximum Gasteiger partial charge on any atom is 0.251 e. The summed E-state index contributed by atoms with van der Waals surface area (Å²) < 4.78 is 6.05. The van der Waals surface area contributed by atoms with Gasteiger partial charge >= 0.3 is 0 Å². The third kappa shape index (κ3) is 7.90. The standard InChI is InChI=1S/C42H57N5O6/c1-25-34-21-30(42(34,3)4)22-35(25)45-41(51)38-37(26(2)49)36(24-48)53-47(38)23-27-12-11-15-33(39(27)52-7)28-18-29(20-32(19-28)46(5)6)40(50)44-17-16-43-31-13-9-8-10-14-31/h8-15,18-20,25-26,30,34-38,43,48-49H,16-17,21-24H2,1-7H3,(H,44,50)(H,45,51)/t25-,26-,30+,34-,35-,36-,37+,38-/m0/s1. The Kier molecular flexibility index (Phi) is 11.7. The highest BCUT2D eigenvalue weighted by Gasteiger charge is 2.57. The number of carbonyl (C=O) groups is 2. The van der Waals surface area contributed by atoms with Crippen molar-refractivity contribution in [2.75, 3.05) is 51.1 Å². The summed E-state index contributed by atoms with van der Waals surface area (Å²) in [6.07, 6.45) is 0.481. The van der Waals surface area contributed by atoms with Crippen LogP contribution in [0.25, 0.3) is 11.1 Å². The third-order valence-electron chi connectivity index (χ3n) is 12.2. The second-order valence-corrected chi connectivity index (χ2v) is 15.9. The Morgan fingerprint density at radius 1 is 1.06 bits per heavy atom. The van der Waals surface area contributed by atoms with Crippen LogP contribution in [0.1, 0.15) is 56.5 Å². The Balaban J connectivity index is 1.24. The van der Waals surface area contributed by atoms with Gasteiger partial charge in [0.15, 0.2) is 0 Å². The van der Waals surface area contributed by atoms with Gasteiger partial charge in [-0.15, -0.1) is 0 Å². The van der Waals surface area contributed by atoms with Gasteiger partial charge < -0.3 is 35.8 Å². The first-order valence-corrected chi connectivity index (χ1v) is 18.9. The largest absolute Gasteiger partial charge is 0.496 e. The first-order chi connectivity index (χ1) is 25.3. The van der Waals surface area contributed by atoms with Crippen molar-refractivity contribution in [2.24, 2.45) is 29.1 Å². The molecule has 3 aliphatic carbocycles. The number of hydroxylamine groups is 2. The smallest absolute Gasteiger partial charge is 0.251 e. The summed E-state index contributed by atoms with van der Waals surface area (Å²) in [6.45, 7) is 9.41. The molecule has 4 fully saturated rings. The molecule has 7 rings (SSSR count). The number of carbonyl (C=O) groups excluding carboxylic acids is 2. The lowest BCUT2D eigenvalue weighted by Crippen LogP contribution is -2.62. The van der Waals surface area contributed by atoms with Crippen LogP contribution in [0.5, 0.6) is 5.75 Å². The molecule has 4 aliphatic rings. The van der Waals surface area contributed by atoms with E-state index >= 15 is 0 Å². The predicted octanol–water partition coefficient (Wildman–Crippen LogP) is 4.93. The van der Waals surface area contributed by atoms with Crippen molar-refractivity contribution in [1.29, 1.82) is 0 Å². The number of aliphatic hydroxyl groups excluding tert-OH is 2. The number of aliphatic hydroxyl groups is 2. The van der Waals surface area contributed by atoms with Crippen LogP contribution in [-0.2, 0) is 16.2 Å². The molecule has 0 radical (unpaired) electrons. The number of ether oxygens (including phenoxy) is 1. The van der Waals surface area contributed by atoms with E-state index in [-0.39, 0.29) is 36.4 Å². The molecule has 3 saturated carbocycles. The van der Waals surface area contributed by atoms with E-state index in [0.29, 0.717) is 42.2 Å². The molecular formula is C42H57N5O6. The molecule has 286 valence electrons. The fraction of sp³-hybridized carbons (Fsp3) is 0.524. The van der Waals surface area contributed by atoms with E-state index in [1.165, 1.54) is 6.42 Å². The molecule has 3 aromatic rings. The average Bonchev–Trinajstić information content (AvgIpc) is 3.52. The molecule has 11 nitrogen and oxygen atoms in total. The van der Waals surface area contributed by atoms with Gasteiger partial charge in [0.25, 0.3) is 5.91 Å². The van der Waals surface area contributed by atoms with Gasteiger partial charge in [-0.05, 0) is 78.8 Å². The molecule has 8 atom stereocenters. The van der Waals surface area contributed by atoms with Crippen molar-refractivity contribution in [3.63, 3.8) is 0 Å². The monoisotopic (exact) mass is 727 g/mol. The van der Waals surface area contributed by atoms with E-state index in [1.54, 1.807) is 19.1 Å². The minimum Gasteiger partial charge on any atom is -0.496 e. The Morgan fingerprint density at radius 2 is 1.81 bits per heavy atom. The van der Waals surface area contributed by atoms with Gasteiger partial charge in [0, 0.05) is 67.2 Å². The summed E-state index contributed by atoms with van der Waals surface area (Å²) >= 11 is 0. The van der Waals surface area contributed by atoms with Gasteiger partial charge in [-0.3, -0.25) is 14.4 Å². The van der Waals surface area contributed by atoms with Crippen LogP contribution < -0.4 is 25.6 Å². The average molecular weight is 728 g/mol. The quantitative estimate of drug-likeness (QED) is 0.147. The number of amides is 2. The number of benzene rings is 3. The zero-order valence-corrected chi connectivity index (χ0v) is 32.1. The predicted molar refractivity (Wildman–Crippen MR) is 208 cm³/mol. The lowest BCUT2D eigenvalue weighted by molar-refractivity contribution is -0.183. The Labute approximate surface area is 314 Å². The van der Waals surface area contributed by atoms with Crippen LogP contribution in [0.4, 0.5) is 11.4 Å². The second kappa shape index (κ2) is 16.1. The van der Waals surface area contributed by atoms with Gasteiger partial charge in [0.05, 0.1) is 26.4 Å². The van der Waals surface area contributed by atoms with E-state index in [9.17, 15) is 19.8 Å². The lowest BCUT2D eigenvalue weighted by Gasteiger charge is -2.62. The number of methoxy groups -OCH3 is 1.